The lowest BCUT2D eigenvalue weighted by Crippen LogP contribution is -2.53. The number of para-hydroxylation sites is 1. The topological polar surface area (TPSA) is 126 Å². The molecule has 11 nitrogen and oxygen atoms in total. The maximum atomic E-state index is 13.8. The molecule has 4 bridgehead atoms. The lowest BCUT2D eigenvalue weighted by molar-refractivity contribution is -0.136. The van der Waals surface area contributed by atoms with Crippen molar-refractivity contribution < 1.29 is 28.7 Å². The summed E-state index contributed by atoms with van der Waals surface area (Å²) < 4.78 is 13.7. The molecule has 0 aromatic heterocycles. The standard InChI is InChI=1S/C38H49FN6O5/c39-29-9-7-25(8-10-29)38(50)45-24-30-21-33(45)36(48)40-15-11-27-22-42(23-28-4-1-2-6-34(28)46)17-12-26(27)20-35(47)43-18-13-31(14-19-43)44-16-3-5-32(44)37(49)41-30/h1-2,4,6-10,26-27,30-33,46H,3,5,11-24H2,(H,40,48)(H,41,49)/t26-,27-,30-,32-,33-/m0/s1. The maximum absolute atomic E-state index is 13.8. The van der Waals surface area contributed by atoms with Crippen LogP contribution >= 0.6 is 0 Å². The van der Waals surface area contributed by atoms with Crippen molar-refractivity contribution in [1.29, 1.82) is 0 Å². The number of phenolic OH excluding ortho intramolecular Hbond substituents is 1. The number of amides is 4. The van der Waals surface area contributed by atoms with Crippen LogP contribution in [0.1, 0.15) is 67.3 Å². The van der Waals surface area contributed by atoms with E-state index in [9.17, 15) is 28.7 Å². The van der Waals surface area contributed by atoms with E-state index in [0.717, 1.165) is 57.3 Å². The number of hydrogen-bond donors (Lipinski definition) is 3. The minimum Gasteiger partial charge on any atom is -0.508 e. The first-order chi connectivity index (χ1) is 24.2. The molecule has 3 N–H and O–H groups in total. The fourth-order valence-corrected chi connectivity index (χ4v) is 9.06. The molecule has 0 spiro atoms. The fourth-order valence-electron chi connectivity index (χ4n) is 9.06. The number of piperidine rings is 2. The predicted molar refractivity (Wildman–Crippen MR) is 184 cm³/mol. The van der Waals surface area contributed by atoms with E-state index in [1.165, 1.54) is 29.2 Å². The molecule has 0 radical (unpaired) electrons. The molecule has 0 unspecified atom stereocenters. The highest BCUT2D eigenvalue weighted by atomic mass is 19.1. The molecule has 268 valence electrons. The number of benzene rings is 2. The molecule has 4 amide bonds. The summed E-state index contributed by atoms with van der Waals surface area (Å²) in [6.45, 7) is 4.95. The summed E-state index contributed by atoms with van der Waals surface area (Å²) >= 11 is 0. The van der Waals surface area contributed by atoms with E-state index in [0.29, 0.717) is 51.0 Å². The van der Waals surface area contributed by atoms with Crippen molar-refractivity contribution in [3.05, 3.63) is 65.5 Å². The van der Waals surface area contributed by atoms with Crippen LogP contribution < -0.4 is 10.6 Å². The van der Waals surface area contributed by atoms with Gasteiger partial charge in [-0.15, -0.1) is 0 Å². The second-order valence-corrected chi connectivity index (χ2v) is 14.9. The molecule has 50 heavy (non-hydrogen) atoms. The third-order valence-corrected chi connectivity index (χ3v) is 11.8. The van der Waals surface area contributed by atoms with Crippen LogP contribution in [0.25, 0.3) is 0 Å². The SMILES string of the molecule is O=C1NCC[C@H]2CN(Cc3ccccc3O)CC[C@H]2CC(=O)N2CCC(CC2)N2CCC[C@H]2C(=O)N[C@H]2C[C@@H]1N(C(=O)c1ccc(F)cc1)C2. The Labute approximate surface area is 293 Å². The summed E-state index contributed by atoms with van der Waals surface area (Å²) in [5, 5.41) is 16.7. The van der Waals surface area contributed by atoms with Gasteiger partial charge in [0.1, 0.15) is 17.6 Å². The fraction of sp³-hybridized carbons (Fsp3) is 0.579. The molecular formula is C38H49FN6O5. The Hall–Kier alpha value is -4.03. The Morgan fingerprint density at radius 1 is 0.840 bits per heavy atom. The normalized spacial score (nSPS) is 30.1. The number of nitrogens with zero attached hydrogens (tertiary/aromatic N) is 4. The van der Waals surface area contributed by atoms with Crippen LogP contribution in [0, 0.1) is 17.7 Å². The predicted octanol–water partition coefficient (Wildman–Crippen LogP) is 2.73. The summed E-state index contributed by atoms with van der Waals surface area (Å²) in [7, 11) is 0. The Kier molecular flexibility index (Phi) is 10.4. The van der Waals surface area contributed by atoms with Crippen molar-refractivity contribution in [3.63, 3.8) is 0 Å². The molecule has 6 aliphatic rings. The van der Waals surface area contributed by atoms with Crippen LogP contribution in [0.5, 0.6) is 5.75 Å². The van der Waals surface area contributed by atoms with E-state index in [2.05, 4.69) is 20.4 Å². The Bertz CT molecular complexity index is 1560. The minimum absolute atomic E-state index is 0.0726. The Morgan fingerprint density at radius 3 is 2.40 bits per heavy atom. The van der Waals surface area contributed by atoms with Gasteiger partial charge in [-0.2, -0.15) is 0 Å². The smallest absolute Gasteiger partial charge is 0.254 e. The van der Waals surface area contributed by atoms with Gasteiger partial charge in [0, 0.05) is 68.9 Å². The quantitative estimate of drug-likeness (QED) is 0.453. The number of nitrogens with one attached hydrogen (secondary N) is 2. The number of phenols is 1. The van der Waals surface area contributed by atoms with Crippen LogP contribution in [0.2, 0.25) is 0 Å². The van der Waals surface area contributed by atoms with E-state index >= 15 is 0 Å². The maximum Gasteiger partial charge on any atom is 0.254 e. The van der Waals surface area contributed by atoms with Gasteiger partial charge in [0.05, 0.1) is 6.04 Å². The zero-order valence-corrected chi connectivity index (χ0v) is 28.6. The lowest BCUT2D eigenvalue weighted by atomic mass is 9.80. The van der Waals surface area contributed by atoms with Gasteiger partial charge in [0.15, 0.2) is 0 Å². The van der Waals surface area contributed by atoms with Crippen molar-refractivity contribution in [1.82, 2.24) is 30.2 Å². The largest absolute Gasteiger partial charge is 0.508 e. The zero-order chi connectivity index (χ0) is 34.8. The molecule has 6 heterocycles. The number of halogens is 1. The molecule has 6 saturated heterocycles. The first kappa shape index (κ1) is 34.4. The van der Waals surface area contributed by atoms with E-state index in [1.54, 1.807) is 6.07 Å². The van der Waals surface area contributed by atoms with Gasteiger partial charge in [-0.3, -0.25) is 29.0 Å². The van der Waals surface area contributed by atoms with Crippen LogP contribution in [0.15, 0.2) is 48.5 Å². The van der Waals surface area contributed by atoms with E-state index in [1.807, 2.05) is 23.1 Å². The molecule has 0 aliphatic carbocycles. The second-order valence-electron chi connectivity index (χ2n) is 14.9. The van der Waals surface area contributed by atoms with E-state index < -0.39 is 17.9 Å². The Balaban J connectivity index is 1.12. The summed E-state index contributed by atoms with van der Waals surface area (Å²) in [5.74, 6) is -0.412. The van der Waals surface area contributed by atoms with Crippen molar-refractivity contribution in [3.8, 4) is 5.75 Å². The van der Waals surface area contributed by atoms with Gasteiger partial charge in [-0.1, -0.05) is 18.2 Å². The number of fused-ring (bicyclic) bond motifs is 7. The molecule has 5 atom stereocenters. The third-order valence-electron chi connectivity index (χ3n) is 11.8. The minimum atomic E-state index is -0.788. The lowest BCUT2D eigenvalue weighted by Gasteiger charge is -2.41. The molecular weight excluding hydrogens is 639 g/mol. The van der Waals surface area contributed by atoms with Gasteiger partial charge in [-0.05, 0) is 100 Å². The van der Waals surface area contributed by atoms with E-state index in [4.69, 9.17) is 0 Å². The van der Waals surface area contributed by atoms with Gasteiger partial charge >= 0.3 is 0 Å². The molecule has 8 rings (SSSR count). The molecule has 2 aromatic rings. The van der Waals surface area contributed by atoms with Crippen molar-refractivity contribution in [2.75, 3.05) is 45.8 Å². The molecule has 2 aromatic carbocycles. The highest BCUT2D eigenvalue weighted by Crippen LogP contribution is 2.33. The first-order valence-electron chi connectivity index (χ1n) is 18.4. The third kappa shape index (κ3) is 7.51. The summed E-state index contributed by atoms with van der Waals surface area (Å²) in [4.78, 5) is 63.2. The summed E-state index contributed by atoms with van der Waals surface area (Å²) in [6, 6.07) is 11.5. The number of aromatic hydroxyl groups is 1. The zero-order valence-electron chi connectivity index (χ0n) is 28.6. The molecule has 6 fully saturated rings. The van der Waals surface area contributed by atoms with Gasteiger partial charge in [-0.25, -0.2) is 4.39 Å². The molecule has 12 heteroatoms. The number of hydrogen-bond acceptors (Lipinski definition) is 7. The van der Waals surface area contributed by atoms with Crippen molar-refractivity contribution >= 4 is 23.6 Å². The first-order valence-corrected chi connectivity index (χ1v) is 18.4. The van der Waals surface area contributed by atoms with Crippen molar-refractivity contribution in [2.45, 2.75) is 82.1 Å². The highest BCUT2D eigenvalue weighted by molar-refractivity contribution is 5.98. The number of rotatable bonds is 3. The van der Waals surface area contributed by atoms with Crippen molar-refractivity contribution in [2.24, 2.45) is 11.8 Å². The van der Waals surface area contributed by atoms with Gasteiger partial charge in [0.25, 0.3) is 5.91 Å². The van der Waals surface area contributed by atoms with Crippen LogP contribution in [0.3, 0.4) is 0 Å². The Morgan fingerprint density at radius 2 is 1.62 bits per heavy atom. The van der Waals surface area contributed by atoms with Crippen LogP contribution in [-0.2, 0) is 20.9 Å². The van der Waals surface area contributed by atoms with Crippen LogP contribution in [0.4, 0.5) is 4.39 Å². The summed E-state index contributed by atoms with van der Waals surface area (Å²) in [6.07, 6.45) is 5.62. The second kappa shape index (κ2) is 15.1. The number of carbonyl (C=O) groups excluding carboxylic acids is 4. The monoisotopic (exact) mass is 688 g/mol. The highest BCUT2D eigenvalue weighted by Gasteiger charge is 2.43. The molecule has 0 saturated carbocycles. The average Bonchev–Trinajstić information content (AvgIpc) is 3.78. The number of likely N-dealkylation sites (tertiary alicyclic amines) is 2. The van der Waals surface area contributed by atoms with E-state index in [-0.39, 0.29) is 59.8 Å². The average molecular weight is 689 g/mol. The number of carbonyl (C=O) groups is 4. The molecule has 6 aliphatic heterocycles. The summed E-state index contributed by atoms with van der Waals surface area (Å²) in [5.41, 5.74) is 1.15. The van der Waals surface area contributed by atoms with Gasteiger partial charge < -0.3 is 25.5 Å². The van der Waals surface area contributed by atoms with Crippen LogP contribution in [-0.4, -0.2) is 118 Å². The van der Waals surface area contributed by atoms with Gasteiger partial charge in [0.2, 0.25) is 17.7 Å².